The van der Waals surface area contributed by atoms with Gasteiger partial charge in [-0.15, -0.1) is 0 Å². The van der Waals surface area contributed by atoms with Gasteiger partial charge >= 0.3 is 0 Å². The summed E-state index contributed by atoms with van der Waals surface area (Å²) >= 11 is 0. The van der Waals surface area contributed by atoms with Crippen LogP contribution < -0.4 is 10.5 Å². The van der Waals surface area contributed by atoms with Gasteiger partial charge in [-0.05, 0) is 36.7 Å². The Morgan fingerprint density at radius 1 is 1.09 bits per heavy atom. The molecule has 1 unspecified atom stereocenters. The van der Waals surface area contributed by atoms with Crippen LogP contribution in [0.25, 0.3) is 22.3 Å². The lowest BCUT2D eigenvalue weighted by molar-refractivity contribution is 0.0899. The van der Waals surface area contributed by atoms with Crippen molar-refractivity contribution in [3.05, 3.63) is 60.3 Å². The fourth-order valence-corrected chi connectivity index (χ4v) is 4.71. The lowest BCUT2D eigenvalue weighted by atomic mass is 10.1. The number of nitrogens with two attached hydrogens (primary N) is 1. The van der Waals surface area contributed by atoms with Gasteiger partial charge in [0, 0.05) is 37.9 Å². The molecule has 0 spiro atoms. The van der Waals surface area contributed by atoms with Crippen LogP contribution in [0.2, 0.25) is 25.7 Å². The molecule has 8 nitrogen and oxygen atoms in total. The van der Waals surface area contributed by atoms with Crippen molar-refractivity contribution in [1.82, 2.24) is 24.3 Å². The van der Waals surface area contributed by atoms with E-state index in [2.05, 4.69) is 34.7 Å². The number of ether oxygens (including phenoxy) is 2. The van der Waals surface area contributed by atoms with Crippen LogP contribution in [0.1, 0.15) is 24.2 Å². The Morgan fingerprint density at radius 2 is 1.85 bits per heavy atom. The third kappa shape index (κ3) is 5.38. The third-order valence-corrected chi connectivity index (χ3v) is 7.55. The van der Waals surface area contributed by atoms with Gasteiger partial charge in [-0.1, -0.05) is 31.8 Å². The monoisotopic (exact) mass is 478 g/mol. The first-order valence-corrected chi connectivity index (χ1v) is 15.3. The fraction of sp³-hybridized carbons (Fsp3) is 0.400. The highest BCUT2D eigenvalue weighted by Crippen LogP contribution is 2.31. The predicted molar refractivity (Wildman–Crippen MR) is 138 cm³/mol. The number of benzene rings is 1. The van der Waals surface area contributed by atoms with E-state index in [1.807, 2.05) is 58.9 Å². The minimum absolute atomic E-state index is 0.215. The van der Waals surface area contributed by atoms with Crippen LogP contribution in [0.4, 0.5) is 0 Å². The molecule has 0 saturated carbocycles. The van der Waals surface area contributed by atoms with Crippen LogP contribution in [0, 0.1) is 0 Å². The van der Waals surface area contributed by atoms with Crippen molar-refractivity contribution in [2.24, 2.45) is 5.73 Å². The van der Waals surface area contributed by atoms with Crippen molar-refractivity contribution in [2.45, 2.75) is 51.9 Å². The molecule has 0 saturated heterocycles. The predicted octanol–water partition coefficient (Wildman–Crippen LogP) is 4.68. The van der Waals surface area contributed by atoms with Crippen molar-refractivity contribution in [1.29, 1.82) is 0 Å². The summed E-state index contributed by atoms with van der Waals surface area (Å²) in [5.41, 5.74) is 11.1. The molecule has 1 aromatic carbocycles. The molecule has 0 radical (unpaired) electrons. The maximum absolute atomic E-state index is 6.42. The molecule has 3 heterocycles. The molecular weight excluding hydrogens is 444 g/mol. The number of hydrogen-bond acceptors (Lipinski definition) is 6. The van der Waals surface area contributed by atoms with Crippen LogP contribution in [-0.2, 0) is 18.0 Å². The quantitative estimate of drug-likeness (QED) is 0.263. The van der Waals surface area contributed by atoms with Crippen molar-refractivity contribution >= 4 is 19.1 Å². The summed E-state index contributed by atoms with van der Waals surface area (Å²) in [6, 6.07) is 10.9. The second-order valence-electron chi connectivity index (χ2n) is 9.83. The van der Waals surface area contributed by atoms with E-state index in [4.69, 9.17) is 15.2 Å². The maximum Gasteiger partial charge on any atom is 0.145 e. The average molecular weight is 479 g/mol. The number of fused-ring (bicyclic) bond motifs is 1. The highest BCUT2D eigenvalue weighted by atomic mass is 28.3. The van der Waals surface area contributed by atoms with E-state index in [0.29, 0.717) is 13.3 Å². The van der Waals surface area contributed by atoms with Gasteiger partial charge < -0.3 is 19.8 Å². The van der Waals surface area contributed by atoms with Crippen molar-refractivity contribution in [3.8, 4) is 17.0 Å². The fourth-order valence-electron chi connectivity index (χ4n) is 3.95. The topological polar surface area (TPSA) is 93.0 Å². The molecule has 0 aliphatic carbocycles. The van der Waals surface area contributed by atoms with Gasteiger partial charge in [-0.2, -0.15) is 5.10 Å². The number of hydrogen-bond donors (Lipinski definition) is 1. The van der Waals surface area contributed by atoms with E-state index < -0.39 is 8.07 Å². The Balaban J connectivity index is 1.61. The second kappa shape index (κ2) is 10.1. The zero-order chi connectivity index (χ0) is 24.3. The smallest absolute Gasteiger partial charge is 0.145 e. The first kappa shape index (κ1) is 24.1. The van der Waals surface area contributed by atoms with E-state index >= 15 is 0 Å². The Hall–Kier alpha value is -3.01. The molecule has 180 valence electrons. The highest BCUT2D eigenvalue weighted by molar-refractivity contribution is 6.76. The van der Waals surface area contributed by atoms with Crippen LogP contribution in [0.3, 0.4) is 0 Å². The number of methoxy groups -OCH3 is 1. The van der Waals surface area contributed by atoms with Gasteiger partial charge in [0.2, 0.25) is 0 Å². The van der Waals surface area contributed by atoms with E-state index in [0.717, 1.165) is 51.9 Å². The molecule has 0 amide bonds. The Morgan fingerprint density at radius 3 is 2.53 bits per heavy atom. The first-order valence-electron chi connectivity index (χ1n) is 11.6. The largest absolute Gasteiger partial charge is 0.497 e. The average Bonchev–Trinajstić information content (AvgIpc) is 3.41. The summed E-state index contributed by atoms with van der Waals surface area (Å²) in [7, 11) is 0.544. The van der Waals surface area contributed by atoms with Gasteiger partial charge in [0.1, 0.15) is 24.5 Å². The van der Waals surface area contributed by atoms with Crippen molar-refractivity contribution < 1.29 is 9.47 Å². The molecule has 0 bridgehead atoms. The molecule has 2 N–H and O–H groups in total. The normalized spacial score (nSPS) is 12.9. The molecule has 1 atom stereocenters. The SMILES string of the molecule is COc1ccc(Cn2ncc(-c3ncnc4c3ccn4COCC[Si](C)(C)C)c2C(C)N)cc1. The standard InChI is InChI=1S/C25H34N6O2Si/c1-18(26)24-22(14-29-31(24)15-19-6-8-20(32-2)9-7-19)23-21-10-11-30(25(21)28-16-27-23)17-33-12-13-34(3,4)5/h6-11,14,16,18H,12-13,15,17,26H2,1-5H3. The Bertz CT molecular complexity index is 1240. The highest BCUT2D eigenvalue weighted by Gasteiger charge is 2.20. The van der Waals surface area contributed by atoms with E-state index in [9.17, 15) is 0 Å². The van der Waals surface area contributed by atoms with Crippen LogP contribution in [0.5, 0.6) is 5.75 Å². The summed E-state index contributed by atoms with van der Waals surface area (Å²) < 4.78 is 15.2. The van der Waals surface area contributed by atoms with Gasteiger partial charge in [0.15, 0.2) is 0 Å². The second-order valence-corrected chi connectivity index (χ2v) is 15.5. The van der Waals surface area contributed by atoms with Gasteiger partial charge in [0.05, 0.1) is 31.2 Å². The molecule has 0 aliphatic rings. The molecule has 3 aromatic heterocycles. The number of aromatic nitrogens is 5. The summed E-state index contributed by atoms with van der Waals surface area (Å²) in [4.78, 5) is 9.15. The molecule has 4 aromatic rings. The first-order chi connectivity index (χ1) is 16.3. The molecule has 34 heavy (non-hydrogen) atoms. The Labute approximate surface area is 201 Å². The zero-order valence-electron chi connectivity index (χ0n) is 20.7. The lowest BCUT2D eigenvalue weighted by Gasteiger charge is -2.15. The van der Waals surface area contributed by atoms with Gasteiger partial charge in [-0.25, -0.2) is 9.97 Å². The van der Waals surface area contributed by atoms with Gasteiger partial charge in [-0.3, -0.25) is 4.68 Å². The van der Waals surface area contributed by atoms with Crippen LogP contribution >= 0.6 is 0 Å². The molecule has 4 rings (SSSR count). The van der Waals surface area contributed by atoms with E-state index in [1.165, 1.54) is 0 Å². The van der Waals surface area contributed by atoms with Crippen LogP contribution in [0.15, 0.2) is 49.1 Å². The summed E-state index contributed by atoms with van der Waals surface area (Å²) in [6.07, 6.45) is 5.46. The minimum Gasteiger partial charge on any atom is -0.497 e. The molecule has 9 heteroatoms. The zero-order valence-corrected chi connectivity index (χ0v) is 21.7. The van der Waals surface area contributed by atoms with Crippen molar-refractivity contribution in [2.75, 3.05) is 13.7 Å². The number of rotatable bonds is 10. The van der Waals surface area contributed by atoms with Gasteiger partial charge in [0.25, 0.3) is 0 Å². The summed E-state index contributed by atoms with van der Waals surface area (Å²) in [5, 5.41) is 5.63. The maximum atomic E-state index is 6.42. The molecular formula is C25H34N6O2Si. The Kier molecular flexibility index (Phi) is 7.15. The molecule has 0 aliphatic heterocycles. The van der Waals surface area contributed by atoms with Crippen LogP contribution in [-0.4, -0.2) is 46.1 Å². The van der Waals surface area contributed by atoms with E-state index in [-0.39, 0.29) is 6.04 Å². The van der Waals surface area contributed by atoms with Crippen molar-refractivity contribution in [3.63, 3.8) is 0 Å². The minimum atomic E-state index is -1.12. The van der Waals surface area contributed by atoms with E-state index in [1.54, 1.807) is 13.4 Å². The lowest BCUT2D eigenvalue weighted by Crippen LogP contribution is -2.22. The third-order valence-electron chi connectivity index (χ3n) is 5.84. The number of nitrogens with zero attached hydrogens (tertiary/aromatic N) is 5. The molecule has 0 fully saturated rings. The summed E-state index contributed by atoms with van der Waals surface area (Å²) in [5.74, 6) is 0.828. The summed E-state index contributed by atoms with van der Waals surface area (Å²) in [6.45, 7) is 10.9.